The Balaban J connectivity index is 2.49. The summed E-state index contributed by atoms with van der Waals surface area (Å²) >= 11 is 0. The number of alkyl halides is 1. The highest BCUT2D eigenvalue weighted by Gasteiger charge is 2.22. The number of carbonyl (C=O) groups is 1. The second-order valence-electron chi connectivity index (χ2n) is 9.83. The van der Waals surface area contributed by atoms with E-state index in [1.54, 1.807) is 6.07 Å². The molecule has 0 saturated heterocycles. The van der Waals surface area contributed by atoms with E-state index in [2.05, 4.69) is 48.6 Å². The largest absolute Gasteiger partial charge is 0.478 e. The van der Waals surface area contributed by atoms with Crippen molar-refractivity contribution >= 4 is 17.3 Å². The monoisotopic (exact) mass is 522 g/mol. The van der Waals surface area contributed by atoms with Gasteiger partial charge in [-0.05, 0) is 82.4 Å². The Bertz CT molecular complexity index is 1160. The fourth-order valence-electron chi connectivity index (χ4n) is 3.87. The first-order valence-electron chi connectivity index (χ1n) is 13.4. The van der Waals surface area contributed by atoms with Crippen molar-refractivity contribution in [2.45, 2.75) is 73.4 Å². The van der Waals surface area contributed by atoms with E-state index in [1.165, 1.54) is 26.1 Å². The SMILES string of the molecule is C=C(C)/C(=C\C(=C/C)NC(=O)c1ccnc(C(C)(C)F)c1)c1cc(OCCC)nc(N(CCC)CCC)c1. The second-order valence-corrected chi connectivity index (χ2v) is 9.83. The number of rotatable bonds is 14. The summed E-state index contributed by atoms with van der Waals surface area (Å²) in [4.78, 5) is 24.2. The minimum Gasteiger partial charge on any atom is -0.478 e. The highest BCUT2D eigenvalue weighted by atomic mass is 19.1. The van der Waals surface area contributed by atoms with Crippen molar-refractivity contribution in [2.75, 3.05) is 24.6 Å². The Labute approximate surface area is 227 Å². The van der Waals surface area contributed by atoms with Gasteiger partial charge in [0, 0.05) is 36.6 Å². The van der Waals surface area contributed by atoms with E-state index in [1.807, 2.05) is 32.1 Å². The first-order chi connectivity index (χ1) is 18.0. The summed E-state index contributed by atoms with van der Waals surface area (Å²) < 4.78 is 20.3. The average Bonchev–Trinajstić information content (AvgIpc) is 2.88. The van der Waals surface area contributed by atoms with E-state index in [-0.39, 0.29) is 11.6 Å². The molecule has 1 N–H and O–H groups in total. The molecule has 0 spiro atoms. The van der Waals surface area contributed by atoms with Crippen LogP contribution in [0.25, 0.3) is 5.57 Å². The van der Waals surface area contributed by atoms with Gasteiger partial charge < -0.3 is 15.0 Å². The summed E-state index contributed by atoms with van der Waals surface area (Å²) in [7, 11) is 0. The number of hydrogen-bond acceptors (Lipinski definition) is 5. The van der Waals surface area contributed by atoms with Crippen molar-refractivity contribution in [3.05, 3.63) is 77.3 Å². The predicted molar refractivity (Wildman–Crippen MR) is 155 cm³/mol. The molecule has 206 valence electrons. The summed E-state index contributed by atoms with van der Waals surface area (Å²) in [6.45, 7) is 19.5. The van der Waals surface area contributed by atoms with Gasteiger partial charge in [-0.25, -0.2) is 4.39 Å². The van der Waals surface area contributed by atoms with Gasteiger partial charge in [-0.2, -0.15) is 4.98 Å². The lowest BCUT2D eigenvalue weighted by atomic mass is 9.99. The zero-order chi connectivity index (χ0) is 28.3. The normalized spacial score (nSPS) is 12.3. The first kappa shape index (κ1) is 30.7. The molecular weight excluding hydrogens is 479 g/mol. The highest BCUT2D eigenvalue weighted by molar-refractivity contribution is 5.96. The molecule has 2 rings (SSSR count). The van der Waals surface area contributed by atoms with E-state index in [9.17, 15) is 9.18 Å². The molecule has 0 saturated carbocycles. The Hall–Kier alpha value is -3.48. The molecule has 0 aromatic carbocycles. The van der Waals surface area contributed by atoms with Crippen molar-refractivity contribution in [2.24, 2.45) is 0 Å². The van der Waals surface area contributed by atoms with Crippen LogP contribution in [0, 0.1) is 0 Å². The number of ether oxygens (including phenoxy) is 1. The van der Waals surface area contributed by atoms with Gasteiger partial charge in [0.2, 0.25) is 5.88 Å². The average molecular weight is 523 g/mol. The Morgan fingerprint density at radius 3 is 2.37 bits per heavy atom. The van der Waals surface area contributed by atoms with E-state index >= 15 is 0 Å². The molecule has 0 unspecified atom stereocenters. The molecule has 38 heavy (non-hydrogen) atoms. The topological polar surface area (TPSA) is 67.3 Å². The maximum atomic E-state index is 14.4. The zero-order valence-electron chi connectivity index (χ0n) is 24.0. The van der Waals surface area contributed by atoms with Crippen molar-refractivity contribution < 1.29 is 13.9 Å². The van der Waals surface area contributed by atoms with Gasteiger partial charge in [-0.1, -0.05) is 39.0 Å². The molecule has 0 bridgehead atoms. The molecule has 1 amide bonds. The summed E-state index contributed by atoms with van der Waals surface area (Å²) in [6, 6.07) is 7.03. The standard InChI is InChI=1S/C31H43FN4O2/c1-9-15-36(16-10-2)28-19-24(20-29(35-28)38-17-11-3)26(22(5)6)21-25(12-4)34-30(37)23-13-14-33-27(18-23)31(7,8)32/h12-14,18-21H,5,9-11,15-17H2,1-4,6-8H3,(H,34,37)/b25-12+,26-21+. The lowest BCUT2D eigenvalue weighted by molar-refractivity contribution is 0.0966. The zero-order valence-corrected chi connectivity index (χ0v) is 24.0. The molecule has 2 aromatic rings. The third-order valence-corrected chi connectivity index (χ3v) is 5.82. The number of nitrogens with zero attached hydrogens (tertiary/aromatic N) is 3. The minimum absolute atomic E-state index is 0.206. The molecule has 0 fully saturated rings. The van der Waals surface area contributed by atoms with Crippen LogP contribution in [-0.4, -0.2) is 35.6 Å². The number of amides is 1. The van der Waals surface area contributed by atoms with Gasteiger partial charge in [0.15, 0.2) is 0 Å². The molecular formula is C31H43FN4O2. The Morgan fingerprint density at radius 1 is 1.13 bits per heavy atom. The van der Waals surface area contributed by atoms with Gasteiger partial charge in [-0.3, -0.25) is 9.78 Å². The van der Waals surface area contributed by atoms with E-state index in [0.29, 0.717) is 23.7 Å². The maximum Gasteiger partial charge on any atom is 0.255 e. The van der Waals surface area contributed by atoms with Gasteiger partial charge >= 0.3 is 0 Å². The molecule has 0 radical (unpaired) electrons. The van der Waals surface area contributed by atoms with Gasteiger partial charge in [-0.15, -0.1) is 0 Å². The van der Waals surface area contributed by atoms with Crippen molar-refractivity contribution in [3.63, 3.8) is 0 Å². The van der Waals surface area contributed by atoms with Crippen LogP contribution >= 0.6 is 0 Å². The molecule has 7 heteroatoms. The number of carbonyl (C=O) groups excluding carboxylic acids is 1. The smallest absolute Gasteiger partial charge is 0.255 e. The lowest BCUT2D eigenvalue weighted by Crippen LogP contribution is -2.26. The van der Waals surface area contributed by atoms with Crippen LogP contribution in [0.2, 0.25) is 0 Å². The fourth-order valence-corrected chi connectivity index (χ4v) is 3.87. The Kier molecular flexibility index (Phi) is 11.7. The van der Waals surface area contributed by atoms with Crippen LogP contribution in [0.4, 0.5) is 10.2 Å². The number of halogens is 1. The molecule has 0 atom stereocenters. The minimum atomic E-state index is -1.65. The van der Waals surface area contributed by atoms with Crippen molar-refractivity contribution in [3.8, 4) is 5.88 Å². The summed E-state index contributed by atoms with van der Waals surface area (Å²) in [5, 5.41) is 2.94. The van der Waals surface area contributed by atoms with Crippen molar-refractivity contribution in [1.29, 1.82) is 0 Å². The Morgan fingerprint density at radius 2 is 1.82 bits per heavy atom. The summed E-state index contributed by atoms with van der Waals surface area (Å²) in [6.07, 6.45) is 8.05. The van der Waals surface area contributed by atoms with Crippen molar-refractivity contribution in [1.82, 2.24) is 15.3 Å². The number of allylic oxidation sites excluding steroid dienone is 4. The van der Waals surface area contributed by atoms with Crippen LogP contribution in [0.3, 0.4) is 0 Å². The third kappa shape index (κ3) is 8.82. The van der Waals surface area contributed by atoms with Gasteiger partial charge in [0.25, 0.3) is 5.91 Å². The summed E-state index contributed by atoms with van der Waals surface area (Å²) in [5.41, 5.74) is 2.09. The van der Waals surface area contributed by atoms with Crippen LogP contribution in [0.15, 0.2) is 60.5 Å². The molecule has 2 heterocycles. The van der Waals surface area contributed by atoms with E-state index in [4.69, 9.17) is 9.72 Å². The van der Waals surface area contributed by atoms with Crippen LogP contribution in [-0.2, 0) is 5.67 Å². The molecule has 0 aliphatic rings. The number of pyridine rings is 2. The fraction of sp³-hybridized carbons (Fsp3) is 0.452. The number of aromatic nitrogens is 2. The number of hydrogen-bond donors (Lipinski definition) is 1. The lowest BCUT2D eigenvalue weighted by Gasteiger charge is -2.24. The van der Waals surface area contributed by atoms with E-state index in [0.717, 1.165) is 54.9 Å². The molecule has 0 aliphatic heterocycles. The number of anilines is 1. The third-order valence-electron chi connectivity index (χ3n) is 5.82. The van der Waals surface area contributed by atoms with E-state index < -0.39 is 5.67 Å². The molecule has 6 nitrogen and oxygen atoms in total. The van der Waals surface area contributed by atoms with Gasteiger partial charge in [0.05, 0.1) is 12.3 Å². The predicted octanol–water partition coefficient (Wildman–Crippen LogP) is 7.39. The quantitative estimate of drug-likeness (QED) is 0.262. The van der Waals surface area contributed by atoms with Crippen LogP contribution < -0.4 is 15.0 Å². The molecule has 0 aliphatic carbocycles. The second kappa shape index (κ2) is 14.5. The first-order valence-corrected chi connectivity index (χ1v) is 13.4. The number of nitrogens with one attached hydrogen (secondary N) is 1. The highest BCUT2D eigenvalue weighted by Crippen LogP contribution is 2.30. The maximum absolute atomic E-state index is 14.4. The molecule has 2 aromatic heterocycles. The van der Waals surface area contributed by atoms with Crippen LogP contribution in [0.5, 0.6) is 5.88 Å². The van der Waals surface area contributed by atoms with Crippen LogP contribution in [0.1, 0.15) is 89.3 Å². The summed E-state index contributed by atoms with van der Waals surface area (Å²) in [5.74, 6) is 1.07. The van der Waals surface area contributed by atoms with Gasteiger partial charge in [0.1, 0.15) is 11.5 Å².